The van der Waals surface area contributed by atoms with E-state index in [0.29, 0.717) is 25.5 Å². The number of rotatable bonds is 7. The molecule has 1 unspecified atom stereocenters. The zero-order valence-corrected chi connectivity index (χ0v) is 15.3. The van der Waals surface area contributed by atoms with Crippen LogP contribution in [-0.4, -0.2) is 70.0 Å². The summed E-state index contributed by atoms with van der Waals surface area (Å²) in [7, 11) is 3.43. The zero-order chi connectivity index (χ0) is 18.3. The molecule has 2 fully saturated rings. The van der Waals surface area contributed by atoms with E-state index in [4.69, 9.17) is 4.74 Å². The molecule has 25 heavy (non-hydrogen) atoms. The third-order valence-electron chi connectivity index (χ3n) is 5.37. The van der Waals surface area contributed by atoms with Gasteiger partial charge >= 0.3 is 6.18 Å². The van der Waals surface area contributed by atoms with Gasteiger partial charge in [-0.15, -0.1) is 0 Å². The fourth-order valence-electron chi connectivity index (χ4n) is 3.97. The van der Waals surface area contributed by atoms with Gasteiger partial charge in [-0.25, -0.2) is 0 Å². The van der Waals surface area contributed by atoms with Crippen LogP contribution in [0.5, 0.6) is 0 Å². The molecule has 0 aromatic carbocycles. The van der Waals surface area contributed by atoms with Crippen LogP contribution in [-0.2, 0) is 4.74 Å². The quantitative estimate of drug-likeness (QED) is 0.538. The van der Waals surface area contributed by atoms with Crippen molar-refractivity contribution >= 4 is 5.96 Å². The van der Waals surface area contributed by atoms with Crippen LogP contribution in [0.2, 0.25) is 0 Å². The molecule has 0 amide bonds. The summed E-state index contributed by atoms with van der Waals surface area (Å²) < 4.78 is 42.7. The first-order valence-electron chi connectivity index (χ1n) is 9.11. The number of halogens is 3. The molecule has 0 radical (unpaired) electrons. The molecule has 1 aliphatic heterocycles. The summed E-state index contributed by atoms with van der Waals surface area (Å²) in [5.41, 5.74) is 0.242. The summed E-state index contributed by atoms with van der Waals surface area (Å²) in [4.78, 5) is 5.69. The third kappa shape index (κ3) is 6.66. The second kappa shape index (κ2) is 9.07. The second-order valence-electron chi connectivity index (χ2n) is 7.36. The van der Waals surface area contributed by atoms with Gasteiger partial charge in [-0.2, -0.15) is 13.2 Å². The fourth-order valence-corrected chi connectivity index (χ4v) is 3.97. The number of methoxy groups -OCH3 is 1. The lowest BCUT2D eigenvalue weighted by atomic mass is 9.83. The number of nitrogens with one attached hydrogen (secondary N) is 2. The lowest BCUT2D eigenvalue weighted by Crippen LogP contribution is -2.48. The van der Waals surface area contributed by atoms with E-state index < -0.39 is 12.7 Å². The molecule has 1 aliphatic carbocycles. The van der Waals surface area contributed by atoms with Crippen LogP contribution in [0.4, 0.5) is 13.2 Å². The van der Waals surface area contributed by atoms with Crippen LogP contribution in [0.25, 0.3) is 0 Å². The highest BCUT2D eigenvalue weighted by molar-refractivity contribution is 5.80. The molecule has 0 spiro atoms. The molecule has 0 aromatic heterocycles. The molecule has 8 heteroatoms. The largest absolute Gasteiger partial charge is 0.401 e. The van der Waals surface area contributed by atoms with E-state index in [0.717, 1.165) is 19.6 Å². The van der Waals surface area contributed by atoms with E-state index in [1.165, 1.54) is 30.6 Å². The van der Waals surface area contributed by atoms with Crippen molar-refractivity contribution < 1.29 is 17.9 Å². The molecule has 1 heterocycles. The Morgan fingerprint density at radius 2 is 2.04 bits per heavy atom. The van der Waals surface area contributed by atoms with Crippen LogP contribution in [0, 0.1) is 5.41 Å². The minimum atomic E-state index is -4.13. The predicted molar refractivity (Wildman–Crippen MR) is 92.8 cm³/mol. The Hall–Kier alpha value is -1.02. The first-order chi connectivity index (χ1) is 11.9. The van der Waals surface area contributed by atoms with Crippen LogP contribution < -0.4 is 10.6 Å². The summed E-state index contributed by atoms with van der Waals surface area (Å²) in [6.07, 6.45) is 2.44. The molecule has 1 saturated carbocycles. The summed E-state index contributed by atoms with van der Waals surface area (Å²) in [5.74, 6) is 0.683. The highest BCUT2D eigenvalue weighted by Gasteiger charge is 2.35. The molecular formula is C17H31F3N4O. The van der Waals surface area contributed by atoms with Gasteiger partial charge in [0, 0.05) is 46.4 Å². The maximum Gasteiger partial charge on any atom is 0.401 e. The van der Waals surface area contributed by atoms with E-state index in [1.807, 2.05) is 0 Å². The summed E-state index contributed by atoms with van der Waals surface area (Å²) in [6.45, 7) is 1.61. The van der Waals surface area contributed by atoms with Crippen molar-refractivity contribution in [3.8, 4) is 0 Å². The molecule has 0 bridgehead atoms. The number of hydrogen-bond donors (Lipinski definition) is 2. The lowest BCUT2D eigenvalue weighted by molar-refractivity contribution is -0.143. The molecule has 1 atom stereocenters. The van der Waals surface area contributed by atoms with Crippen molar-refractivity contribution in [1.82, 2.24) is 15.5 Å². The predicted octanol–water partition coefficient (Wildman–Crippen LogP) is 2.38. The number of hydrogen-bond acceptors (Lipinski definition) is 3. The first kappa shape index (κ1) is 20.3. The Bertz CT molecular complexity index is 436. The van der Waals surface area contributed by atoms with Gasteiger partial charge in [0.15, 0.2) is 5.96 Å². The number of alkyl halides is 3. The number of ether oxygens (including phenoxy) is 1. The maximum atomic E-state index is 12.5. The monoisotopic (exact) mass is 364 g/mol. The Morgan fingerprint density at radius 1 is 1.32 bits per heavy atom. The van der Waals surface area contributed by atoms with Crippen molar-refractivity contribution in [1.29, 1.82) is 0 Å². The van der Waals surface area contributed by atoms with Gasteiger partial charge in [0.1, 0.15) is 0 Å². The highest BCUT2D eigenvalue weighted by Crippen LogP contribution is 2.40. The van der Waals surface area contributed by atoms with Crippen LogP contribution >= 0.6 is 0 Å². The number of guanidine groups is 1. The molecule has 5 nitrogen and oxygen atoms in total. The van der Waals surface area contributed by atoms with Crippen LogP contribution in [0.1, 0.15) is 38.5 Å². The van der Waals surface area contributed by atoms with Gasteiger partial charge < -0.3 is 15.4 Å². The topological polar surface area (TPSA) is 48.9 Å². The van der Waals surface area contributed by atoms with E-state index >= 15 is 0 Å². The smallest absolute Gasteiger partial charge is 0.385 e. The van der Waals surface area contributed by atoms with E-state index in [9.17, 15) is 13.2 Å². The van der Waals surface area contributed by atoms with Crippen LogP contribution in [0.3, 0.4) is 0 Å². The third-order valence-corrected chi connectivity index (χ3v) is 5.37. The molecule has 146 valence electrons. The van der Waals surface area contributed by atoms with Gasteiger partial charge in [-0.1, -0.05) is 12.8 Å². The molecule has 2 N–H and O–H groups in total. The van der Waals surface area contributed by atoms with Crippen molar-refractivity contribution in [2.45, 2.75) is 50.7 Å². The number of likely N-dealkylation sites (tertiary alicyclic amines) is 1. The minimum absolute atomic E-state index is 0.00653. The molecule has 1 saturated heterocycles. The van der Waals surface area contributed by atoms with Gasteiger partial charge in [0.25, 0.3) is 0 Å². The van der Waals surface area contributed by atoms with Crippen LogP contribution in [0.15, 0.2) is 4.99 Å². The highest BCUT2D eigenvalue weighted by atomic mass is 19.4. The Balaban J connectivity index is 1.79. The second-order valence-corrected chi connectivity index (χ2v) is 7.36. The SMILES string of the molecule is CN=C(NCC1(CCOC)CCCC1)NC1CCN(CC(F)(F)F)C1. The van der Waals surface area contributed by atoms with Gasteiger partial charge in [-0.3, -0.25) is 9.89 Å². The normalized spacial score (nSPS) is 24.7. The lowest BCUT2D eigenvalue weighted by Gasteiger charge is -2.30. The molecular weight excluding hydrogens is 333 g/mol. The Morgan fingerprint density at radius 3 is 2.64 bits per heavy atom. The van der Waals surface area contributed by atoms with Gasteiger partial charge in [0.2, 0.25) is 0 Å². The van der Waals surface area contributed by atoms with Gasteiger partial charge in [0.05, 0.1) is 6.54 Å². The summed E-state index contributed by atoms with van der Waals surface area (Å²) in [6, 6.07) is 0.00653. The summed E-state index contributed by atoms with van der Waals surface area (Å²) in [5, 5.41) is 6.67. The average molecular weight is 364 g/mol. The van der Waals surface area contributed by atoms with Crippen molar-refractivity contribution in [2.24, 2.45) is 10.4 Å². The fraction of sp³-hybridized carbons (Fsp3) is 0.941. The standard InChI is InChI=1S/C17H31F3N4O/c1-21-15(22-12-16(8-10-25-2)6-3-4-7-16)23-14-5-9-24(11-14)13-17(18,19)20/h14H,3-13H2,1-2H3,(H2,21,22,23). The Kier molecular flexibility index (Phi) is 7.37. The van der Waals surface area contributed by atoms with Gasteiger partial charge in [-0.05, 0) is 31.1 Å². The number of nitrogens with zero attached hydrogens (tertiary/aromatic N) is 2. The molecule has 0 aromatic rings. The number of aliphatic imine (C=N–C) groups is 1. The van der Waals surface area contributed by atoms with Crippen molar-refractivity contribution in [3.63, 3.8) is 0 Å². The minimum Gasteiger partial charge on any atom is -0.385 e. The maximum absolute atomic E-state index is 12.5. The first-order valence-corrected chi connectivity index (χ1v) is 9.11. The van der Waals surface area contributed by atoms with Crippen molar-refractivity contribution in [3.05, 3.63) is 0 Å². The average Bonchev–Trinajstić information content (AvgIpc) is 3.18. The zero-order valence-electron chi connectivity index (χ0n) is 15.3. The Labute approximate surface area is 148 Å². The molecule has 2 rings (SSSR count). The van der Waals surface area contributed by atoms with E-state index in [-0.39, 0.29) is 11.5 Å². The molecule has 2 aliphatic rings. The van der Waals surface area contributed by atoms with Crippen molar-refractivity contribution in [2.75, 3.05) is 46.9 Å². The van der Waals surface area contributed by atoms with E-state index in [1.54, 1.807) is 14.2 Å². The van der Waals surface area contributed by atoms with E-state index in [2.05, 4.69) is 15.6 Å². The summed E-state index contributed by atoms with van der Waals surface area (Å²) >= 11 is 0.